The predicted molar refractivity (Wildman–Crippen MR) is 77.9 cm³/mol. The van der Waals surface area contributed by atoms with Crippen molar-refractivity contribution in [2.75, 3.05) is 19.7 Å². The number of hydrogen-bond acceptors (Lipinski definition) is 2. The third kappa shape index (κ3) is 6.77. The van der Waals surface area contributed by atoms with Crippen LogP contribution >= 0.6 is 0 Å². The first kappa shape index (κ1) is 15.2. The van der Waals surface area contributed by atoms with Crippen molar-refractivity contribution in [2.24, 2.45) is 0 Å². The SMILES string of the molecule is CC(CCNCCCCCCO)c1ccccc1. The highest BCUT2D eigenvalue weighted by atomic mass is 16.2. The number of unbranched alkanes of at least 4 members (excludes halogenated alkanes) is 3. The molecule has 0 heterocycles. The van der Waals surface area contributed by atoms with Crippen molar-refractivity contribution in [2.45, 2.75) is 44.9 Å². The quantitative estimate of drug-likeness (QED) is 0.623. The van der Waals surface area contributed by atoms with Crippen LogP contribution in [0.4, 0.5) is 0 Å². The van der Waals surface area contributed by atoms with E-state index in [1.54, 1.807) is 0 Å². The Morgan fingerprint density at radius 2 is 1.72 bits per heavy atom. The summed E-state index contributed by atoms with van der Waals surface area (Å²) in [4.78, 5) is 0. The summed E-state index contributed by atoms with van der Waals surface area (Å²) in [6, 6.07) is 10.7. The fourth-order valence-electron chi connectivity index (χ4n) is 2.11. The van der Waals surface area contributed by atoms with E-state index in [1.165, 1.54) is 24.8 Å². The minimum atomic E-state index is 0.335. The smallest absolute Gasteiger partial charge is 0.0431 e. The minimum absolute atomic E-state index is 0.335. The van der Waals surface area contributed by atoms with E-state index in [4.69, 9.17) is 5.11 Å². The highest BCUT2D eigenvalue weighted by Gasteiger charge is 2.03. The van der Waals surface area contributed by atoms with Crippen molar-refractivity contribution in [1.82, 2.24) is 5.32 Å². The molecule has 1 aromatic carbocycles. The van der Waals surface area contributed by atoms with Gasteiger partial charge in [-0.15, -0.1) is 0 Å². The molecule has 1 rings (SSSR count). The first-order valence-corrected chi connectivity index (χ1v) is 7.21. The van der Waals surface area contributed by atoms with Crippen molar-refractivity contribution in [3.63, 3.8) is 0 Å². The summed E-state index contributed by atoms with van der Waals surface area (Å²) in [5.74, 6) is 0.632. The fourth-order valence-corrected chi connectivity index (χ4v) is 2.11. The van der Waals surface area contributed by atoms with Gasteiger partial charge in [0.25, 0.3) is 0 Å². The summed E-state index contributed by atoms with van der Waals surface area (Å²) in [7, 11) is 0. The highest BCUT2D eigenvalue weighted by molar-refractivity contribution is 5.18. The Morgan fingerprint density at radius 1 is 1.00 bits per heavy atom. The molecule has 2 heteroatoms. The highest BCUT2D eigenvalue weighted by Crippen LogP contribution is 2.17. The first-order chi connectivity index (χ1) is 8.84. The second-order valence-corrected chi connectivity index (χ2v) is 4.99. The van der Waals surface area contributed by atoms with Gasteiger partial charge in [0.2, 0.25) is 0 Å². The Kier molecular flexibility index (Phi) is 8.53. The van der Waals surface area contributed by atoms with Gasteiger partial charge in [-0.25, -0.2) is 0 Å². The van der Waals surface area contributed by atoms with Gasteiger partial charge in [-0.05, 0) is 43.8 Å². The van der Waals surface area contributed by atoms with Crippen LogP contribution in [-0.4, -0.2) is 24.8 Å². The van der Waals surface area contributed by atoms with Crippen molar-refractivity contribution < 1.29 is 5.11 Å². The minimum Gasteiger partial charge on any atom is -0.396 e. The zero-order valence-electron chi connectivity index (χ0n) is 11.6. The molecule has 1 atom stereocenters. The van der Waals surface area contributed by atoms with Crippen LogP contribution in [-0.2, 0) is 0 Å². The molecule has 0 aliphatic carbocycles. The standard InChI is InChI=1S/C16H27NO/c1-15(16-9-5-4-6-10-16)11-13-17-12-7-2-3-8-14-18/h4-6,9-10,15,17-18H,2-3,7-8,11-14H2,1H3. The second kappa shape index (κ2) is 10.1. The molecule has 0 radical (unpaired) electrons. The molecule has 0 bridgehead atoms. The maximum absolute atomic E-state index is 8.66. The normalized spacial score (nSPS) is 12.6. The number of nitrogens with one attached hydrogen (secondary N) is 1. The zero-order valence-corrected chi connectivity index (χ0v) is 11.6. The van der Waals surface area contributed by atoms with Crippen LogP contribution in [0.3, 0.4) is 0 Å². The Balaban J connectivity index is 1.98. The van der Waals surface area contributed by atoms with Crippen LogP contribution in [0.15, 0.2) is 30.3 Å². The number of benzene rings is 1. The molecule has 0 saturated heterocycles. The maximum atomic E-state index is 8.66. The van der Waals surface area contributed by atoms with E-state index in [1.807, 2.05) is 0 Å². The van der Waals surface area contributed by atoms with E-state index < -0.39 is 0 Å². The average Bonchev–Trinajstić information content (AvgIpc) is 2.42. The number of aliphatic hydroxyl groups excluding tert-OH is 1. The zero-order chi connectivity index (χ0) is 13.1. The van der Waals surface area contributed by atoms with Gasteiger partial charge in [-0.2, -0.15) is 0 Å². The van der Waals surface area contributed by atoms with Gasteiger partial charge in [-0.3, -0.25) is 0 Å². The molecule has 102 valence electrons. The lowest BCUT2D eigenvalue weighted by Crippen LogP contribution is -2.18. The van der Waals surface area contributed by atoms with Crippen LogP contribution in [0.1, 0.15) is 50.5 Å². The summed E-state index contributed by atoms with van der Waals surface area (Å²) in [6.07, 6.45) is 5.74. The van der Waals surface area contributed by atoms with Crippen LogP contribution in [0.2, 0.25) is 0 Å². The van der Waals surface area contributed by atoms with E-state index in [0.29, 0.717) is 12.5 Å². The fraction of sp³-hybridized carbons (Fsp3) is 0.625. The molecule has 0 saturated carbocycles. The Labute approximate surface area is 111 Å². The molecule has 0 spiro atoms. The molecular weight excluding hydrogens is 222 g/mol. The predicted octanol–water partition coefficient (Wildman–Crippen LogP) is 3.32. The van der Waals surface area contributed by atoms with Crippen LogP contribution in [0.25, 0.3) is 0 Å². The molecule has 0 aliphatic heterocycles. The summed E-state index contributed by atoms with van der Waals surface area (Å²) >= 11 is 0. The van der Waals surface area contributed by atoms with Gasteiger partial charge in [0.15, 0.2) is 0 Å². The molecule has 1 aromatic rings. The molecule has 0 aliphatic rings. The van der Waals surface area contributed by atoms with Gasteiger partial charge >= 0.3 is 0 Å². The Bertz CT molecular complexity index is 286. The van der Waals surface area contributed by atoms with E-state index in [2.05, 4.69) is 42.6 Å². The lowest BCUT2D eigenvalue weighted by atomic mass is 9.98. The van der Waals surface area contributed by atoms with Crippen molar-refractivity contribution in [1.29, 1.82) is 0 Å². The number of hydrogen-bond donors (Lipinski definition) is 2. The molecule has 0 fully saturated rings. The van der Waals surface area contributed by atoms with Crippen molar-refractivity contribution in [3.05, 3.63) is 35.9 Å². The Morgan fingerprint density at radius 3 is 2.44 bits per heavy atom. The summed E-state index contributed by atoms with van der Waals surface area (Å²) in [6.45, 7) is 4.82. The first-order valence-electron chi connectivity index (χ1n) is 7.21. The topological polar surface area (TPSA) is 32.3 Å². The van der Waals surface area contributed by atoms with E-state index in [-0.39, 0.29) is 0 Å². The van der Waals surface area contributed by atoms with Gasteiger partial charge in [-0.1, -0.05) is 50.1 Å². The van der Waals surface area contributed by atoms with Gasteiger partial charge in [0.05, 0.1) is 0 Å². The van der Waals surface area contributed by atoms with E-state index >= 15 is 0 Å². The lowest BCUT2D eigenvalue weighted by molar-refractivity contribution is 0.282. The molecule has 2 N–H and O–H groups in total. The average molecular weight is 249 g/mol. The third-order valence-electron chi connectivity index (χ3n) is 3.38. The Hall–Kier alpha value is -0.860. The molecule has 1 unspecified atom stereocenters. The van der Waals surface area contributed by atoms with Crippen molar-refractivity contribution in [3.8, 4) is 0 Å². The monoisotopic (exact) mass is 249 g/mol. The molecular formula is C16H27NO. The summed E-state index contributed by atoms with van der Waals surface area (Å²) in [5, 5.41) is 12.2. The molecule has 0 amide bonds. The van der Waals surface area contributed by atoms with Gasteiger partial charge < -0.3 is 10.4 Å². The summed E-state index contributed by atoms with van der Waals surface area (Å²) in [5.41, 5.74) is 1.43. The second-order valence-electron chi connectivity index (χ2n) is 4.99. The van der Waals surface area contributed by atoms with E-state index in [9.17, 15) is 0 Å². The van der Waals surface area contributed by atoms with Crippen LogP contribution in [0, 0.1) is 0 Å². The number of rotatable bonds is 10. The van der Waals surface area contributed by atoms with Gasteiger partial charge in [0.1, 0.15) is 0 Å². The van der Waals surface area contributed by atoms with Crippen LogP contribution in [0.5, 0.6) is 0 Å². The molecule has 18 heavy (non-hydrogen) atoms. The van der Waals surface area contributed by atoms with Crippen LogP contribution < -0.4 is 5.32 Å². The van der Waals surface area contributed by atoms with E-state index in [0.717, 1.165) is 25.9 Å². The van der Waals surface area contributed by atoms with Crippen molar-refractivity contribution >= 4 is 0 Å². The third-order valence-corrected chi connectivity index (χ3v) is 3.38. The molecule has 0 aromatic heterocycles. The maximum Gasteiger partial charge on any atom is 0.0431 e. The lowest BCUT2D eigenvalue weighted by Gasteiger charge is -2.12. The van der Waals surface area contributed by atoms with Gasteiger partial charge in [0, 0.05) is 6.61 Å². The molecule has 2 nitrogen and oxygen atoms in total. The summed E-state index contributed by atoms with van der Waals surface area (Å²) < 4.78 is 0. The number of aliphatic hydroxyl groups is 1. The largest absolute Gasteiger partial charge is 0.396 e.